The van der Waals surface area contributed by atoms with Crippen molar-refractivity contribution < 1.29 is 13.9 Å². The number of aromatic nitrogens is 2. The highest BCUT2D eigenvalue weighted by molar-refractivity contribution is 5.83. The van der Waals surface area contributed by atoms with Gasteiger partial charge in [-0.3, -0.25) is 4.79 Å². The molecule has 3 aromatic rings. The number of rotatable bonds is 6. The molecule has 2 aromatic heterocycles. The van der Waals surface area contributed by atoms with Crippen molar-refractivity contribution >= 4 is 16.9 Å². The maximum Gasteiger partial charge on any atom is 0.237 e. The summed E-state index contributed by atoms with van der Waals surface area (Å²) in [7, 11) is 0. The molecule has 0 bridgehead atoms. The SMILES string of the molecule is N[C@@H](Cc1ccc(Oc2ccnc3[nH]ccc23)c(F)c1)C(=O)NC1CCCCC1. The van der Waals surface area contributed by atoms with Gasteiger partial charge in [-0.25, -0.2) is 9.37 Å². The highest BCUT2D eigenvalue weighted by Gasteiger charge is 2.20. The number of nitrogens with zero attached hydrogens (tertiary/aromatic N) is 1. The molecular formula is C22H25FN4O2. The number of hydrogen-bond acceptors (Lipinski definition) is 4. The first kappa shape index (κ1) is 19.4. The van der Waals surface area contributed by atoms with Crippen LogP contribution in [0.1, 0.15) is 37.7 Å². The molecule has 1 amide bonds. The maximum atomic E-state index is 14.6. The molecule has 7 heteroatoms. The van der Waals surface area contributed by atoms with Crippen LogP contribution < -0.4 is 15.8 Å². The molecule has 6 nitrogen and oxygen atoms in total. The Labute approximate surface area is 168 Å². The van der Waals surface area contributed by atoms with Gasteiger partial charge >= 0.3 is 0 Å². The Kier molecular flexibility index (Phi) is 5.76. The maximum absolute atomic E-state index is 14.6. The van der Waals surface area contributed by atoms with Crippen molar-refractivity contribution in [1.82, 2.24) is 15.3 Å². The number of hydrogen-bond donors (Lipinski definition) is 3. The highest BCUT2D eigenvalue weighted by atomic mass is 19.1. The molecule has 0 aliphatic heterocycles. The normalized spacial score (nSPS) is 15.9. The Morgan fingerprint density at radius 2 is 2.07 bits per heavy atom. The quantitative estimate of drug-likeness (QED) is 0.591. The molecule has 1 aromatic carbocycles. The van der Waals surface area contributed by atoms with Gasteiger partial charge in [0, 0.05) is 18.4 Å². The minimum Gasteiger partial charge on any atom is -0.453 e. The minimum absolute atomic E-state index is 0.114. The molecule has 1 aliphatic rings. The van der Waals surface area contributed by atoms with Gasteiger partial charge < -0.3 is 20.8 Å². The number of H-pyrrole nitrogens is 1. The first-order chi connectivity index (χ1) is 14.1. The molecular weight excluding hydrogens is 371 g/mol. The van der Waals surface area contributed by atoms with E-state index in [9.17, 15) is 9.18 Å². The van der Waals surface area contributed by atoms with E-state index >= 15 is 0 Å². The molecule has 1 aliphatic carbocycles. The van der Waals surface area contributed by atoms with Crippen molar-refractivity contribution in [2.75, 3.05) is 0 Å². The molecule has 0 radical (unpaired) electrons. The summed E-state index contributed by atoms with van der Waals surface area (Å²) in [6.45, 7) is 0. The van der Waals surface area contributed by atoms with Gasteiger partial charge in [-0.2, -0.15) is 0 Å². The van der Waals surface area contributed by atoms with Crippen molar-refractivity contribution in [2.24, 2.45) is 5.73 Å². The number of pyridine rings is 1. The lowest BCUT2D eigenvalue weighted by atomic mass is 9.95. The van der Waals surface area contributed by atoms with Crippen LogP contribution >= 0.6 is 0 Å². The van der Waals surface area contributed by atoms with E-state index in [0.717, 1.165) is 31.1 Å². The molecule has 0 spiro atoms. The fraction of sp³-hybridized carbons (Fsp3) is 0.364. The Balaban J connectivity index is 1.40. The van der Waals surface area contributed by atoms with Gasteiger partial charge in [0.15, 0.2) is 11.6 Å². The van der Waals surface area contributed by atoms with Crippen LogP contribution in [-0.4, -0.2) is 28.0 Å². The van der Waals surface area contributed by atoms with Crippen molar-refractivity contribution in [2.45, 2.75) is 50.6 Å². The van der Waals surface area contributed by atoms with E-state index in [1.165, 1.54) is 12.5 Å². The van der Waals surface area contributed by atoms with Crippen molar-refractivity contribution in [1.29, 1.82) is 0 Å². The van der Waals surface area contributed by atoms with Crippen LogP contribution in [0, 0.1) is 5.82 Å². The summed E-state index contributed by atoms with van der Waals surface area (Å²) in [5.74, 6) is -0.0405. The van der Waals surface area contributed by atoms with E-state index in [4.69, 9.17) is 10.5 Å². The molecule has 1 atom stereocenters. The monoisotopic (exact) mass is 396 g/mol. The van der Waals surface area contributed by atoms with Crippen molar-refractivity contribution in [3.63, 3.8) is 0 Å². The van der Waals surface area contributed by atoms with Crippen LogP contribution in [0.5, 0.6) is 11.5 Å². The van der Waals surface area contributed by atoms with Crippen molar-refractivity contribution in [3.05, 3.63) is 54.1 Å². The summed E-state index contributed by atoms with van der Waals surface area (Å²) < 4.78 is 20.3. The van der Waals surface area contributed by atoms with E-state index in [2.05, 4.69) is 15.3 Å². The third kappa shape index (κ3) is 4.56. The molecule has 1 fully saturated rings. The van der Waals surface area contributed by atoms with E-state index in [1.807, 2.05) is 6.07 Å². The van der Waals surface area contributed by atoms with Crippen LogP contribution in [-0.2, 0) is 11.2 Å². The predicted molar refractivity (Wildman–Crippen MR) is 109 cm³/mol. The van der Waals surface area contributed by atoms with Gasteiger partial charge in [-0.1, -0.05) is 25.3 Å². The highest BCUT2D eigenvalue weighted by Crippen LogP contribution is 2.30. The summed E-state index contributed by atoms with van der Waals surface area (Å²) in [6.07, 6.45) is 9.13. The first-order valence-electron chi connectivity index (χ1n) is 10.0. The number of fused-ring (bicyclic) bond motifs is 1. The molecule has 4 rings (SSSR count). The Morgan fingerprint density at radius 3 is 2.86 bits per heavy atom. The lowest BCUT2D eigenvalue weighted by Gasteiger charge is -2.24. The molecule has 0 saturated heterocycles. The fourth-order valence-corrected chi connectivity index (χ4v) is 3.80. The smallest absolute Gasteiger partial charge is 0.237 e. The van der Waals surface area contributed by atoms with E-state index < -0.39 is 11.9 Å². The van der Waals surface area contributed by atoms with E-state index in [0.29, 0.717) is 17.0 Å². The number of benzene rings is 1. The topological polar surface area (TPSA) is 93.0 Å². The number of carbonyl (C=O) groups is 1. The zero-order valence-electron chi connectivity index (χ0n) is 16.2. The molecule has 4 N–H and O–H groups in total. The number of nitrogens with one attached hydrogen (secondary N) is 2. The van der Waals surface area contributed by atoms with Gasteiger partial charge in [-0.15, -0.1) is 0 Å². The summed E-state index contributed by atoms with van der Waals surface area (Å²) in [5, 5.41) is 3.80. The second kappa shape index (κ2) is 8.61. The van der Waals surface area contributed by atoms with Crippen LogP contribution in [0.15, 0.2) is 42.7 Å². The van der Waals surface area contributed by atoms with Gasteiger partial charge in [0.2, 0.25) is 5.91 Å². The van der Waals surface area contributed by atoms with E-state index in [1.54, 1.807) is 30.6 Å². The predicted octanol–water partition coefficient (Wildman–Crippen LogP) is 3.81. The third-order valence-corrected chi connectivity index (χ3v) is 5.38. The number of nitrogens with two attached hydrogens (primary N) is 1. The number of aromatic amines is 1. The fourth-order valence-electron chi connectivity index (χ4n) is 3.80. The standard InChI is InChI=1S/C22H25FN4O2/c23-17-12-14(13-18(24)22(28)27-15-4-2-1-3-5-15)6-7-20(17)29-19-9-11-26-21-16(19)8-10-25-21/h6-12,15,18H,1-5,13,24H2,(H,25,26)(H,27,28)/t18-/m0/s1. The van der Waals surface area contributed by atoms with Gasteiger partial charge in [-0.05, 0) is 49.1 Å². The molecule has 1 saturated carbocycles. The zero-order valence-corrected chi connectivity index (χ0v) is 16.2. The minimum atomic E-state index is -0.706. The van der Waals surface area contributed by atoms with Crippen LogP contribution in [0.2, 0.25) is 0 Å². The summed E-state index contributed by atoms with van der Waals surface area (Å²) in [6, 6.07) is 7.70. The zero-order chi connectivity index (χ0) is 20.2. The van der Waals surface area contributed by atoms with E-state index in [-0.39, 0.29) is 24.1 Å². The number of carbonyl (C=O) groups excluding carboxylic acids is 1. The number of amides is 1. The first-order valence-corrected chi connectivity index (χ1v) is 10.0. The Bertz CT molecular complexity index is 997. The van der Waals surface area contributed by atoms with Crippen LogP contribution in [0.3, 0.4) is 0 Å². The average Bonchev–Trinajstić information content (AvgIpc) is 3.20. The summed E-state index contributed by atoms with van der Waals surface area (Å²) in [5.41, 5.74) is 7.38. The lowest BCUT2D eigenvalue weighted by molar-refractivity contribution is -0.123. The molecule has 29 heavy (non-hydrogen) atoms. The summed E-state index contributed by atoms with van der Waals surface area (Å²) in [4.78, 5) is 19.5. The summed E-state index contributed by atoms with van der Waals surface area (Å²) >= 11 is 0. The number of halogens is 1. The van der Waals surface area contributed by atoms with Crippen LogP contribution in [0.25, 0.3) is 11.0 Å². The lowest BCUT2D eigenvalue weighted by Crippen LogP contribution is -2.46. The second-order valence-corrected chi connectivity index (χ2v) is 7.57. The third-order valence-electron chi connectivity index (χ3n) is 5.38. The largest absolute Gasteiger partial charge is 0.453 e. The Morgan fingerprint density at radius 1 is 1.24 bits per heavy atom. The van der Waals surface area contributed by atoms with Gasteiger partial charge in [0.1, 0.15) is 11.4 Å². The molecule has 2 heterocycles. The number of ether oxygens (including phenoxy) is 1. The Hall–Kier alpha value is -2.93. The molecule has 0 unspecified atom stereocenters. The van der Waals surface area contributed by atoms with Gasteiger partial charge in [0.05, 0.1) is 11.4 Å². The van der Waals surface area contributed by atoms with Crippen LogP contribution in [0.4, 0.5) is 4.39 Å². The molecule has 152 valence electrons. The average molecular weight is 396 g/mol. The second-order valence-electron chi connectivity index (χ2n) is 7.57. The van der Waals surface area contributed by atoms with Gasteiger partial charge in [0.25, 0.3) is 0 Å². The van der Waals surface area contributed by atoms with Crippen molar-refractivity contribution in [3.8, 4) is 11.5 Å².